The molecule has 0 aromatic carbocycles. The van der Waals surface area contributed by atoms with E-state index < -0.39 is 11.9 Å². The van der Waals surface area contributed by atoms with Gasteiger partial charge in [-0.05, 0) is 32.0 Å². The number of rotatable bonds is 4. The number of carbonyl (C=O) groups excluding carboxylic acids is 1. The number of carboxylic acid groups (broad SMARTS) is 1. The highest BCUT2D eigenvalue weighted by Gasteiger charge is 2.16. The Balaban J connectivity index is 2.26. The molecule has 0 aliphatic carbocycles. The highest BCUT2D eigenvalue weighted by molar-refractivity contribution is 6.31. The van der Waals surface area contributed by atoms with Crippen LogP contribution in [-0.2, 0) is 0 Å². The van der Waals surface area contributed by atoms with Crippen molar-refractivity contribution in [1.82, 2.24) is 9.55 Å². The number of amides is 1. The molecule has 110 valence electrons. The van der Waals surface area contributed by atoms with E-state index in [4.69, 9.17) is 16.7 Å². The number of carbonyl (C=O) groups is 2. The summed E-state index contributed by atoms with van der Waals surface area (Å²) in [6, 6.07) is 4.27. The van der Waals surface area contributed by atoms with Crippen LogP contribution < -0.4 is 5.32 Å². The molecule has 2 rings (SSSR count). The number of halogens is 1. The molecule has 2 heterocycles. The molecule has 0 aliphatic rings. The molecule has 2 aromatic heterocycles. The first-order valence-electron chi connectivity index (χ1n) is 6.26. The van der Waals surface area contributed by atoms with Crippen molar-refractivity contribution < 1.29 is 14.7 Å². The third-order valence-electron chi connectivity index (χ3n) is 2.85. The minimum Gasteiger partial charge on any atom is -0.478 e. The molecule has 0 atom stereocenters. The number of hydrogen-bond acceptors (Lipinski definition) is 3. The van der Waals surface area contributed by atoms with Crippen LogP contribution in [0.2, 0.25) is 5.02 Å². The lowest BCUT2D eigenvalue weighted by atomic mass is 10.2. The fraction of sp³-hybridized carbons (Fsp3) is 0.214. The van der Waals surface area contributed by atoms with Crippen LogP contribution in [0.4, 0.5) is 5.82 Å². The number of pyridine rings is 1. The molecule has 0 fully saturated rings. The minimum atomic E-state index is -1.08. The second kappa shape index (κ2) is 5.97. The summed E-state index contributed by atoms with van der Waals surface area (Å²) in [7, 11) is 0. The van der Waals surface area contributed by atoms with Crippen molar-refractivity contribution in [2.24, 2.45) is 0 Å². The van der Waals surface area contributed by atoms with E-state index in [-0.39, 0.29) is 17.4 Å². The number of carboxylic acids is 1. The van der Waals surface area contributed by atoms with Crippen LogP contribution in [0, 0.1) is 0 Å². The Morgan fingerprint density at radius 1 is 1.38 bits per heavy atom. The van der Waals surface area contributed by atoms with Gasteiger partial charge in [-0.1, -0.05) is 11.6 Å². The molecule has 2 N–H and O–H groups in total. The van der Waals surface area contributed by atoms with Gasteiger partial charge in [0.1, 0.15) is 11.5 Å². The second-order valence-electron chi connectivity index (χ2n) is 4.73. The quantitative estimate of drug-likeness (QED) is 0.909. The van der Waals surface area contributed by atoms with Gasteiger partial charge in [-0.25, -0.2) is 9.78 Å². The topological polar surface area (TPSA) is 84.2 Å². The number of aromatic nitrogens is 2. The predicted octanol–water partition coefficient (Wildman–Crippen LogP) is 3.07. The lowest BCUT2D eigenvalue weighted by Crippen LogP contribution is -2.18. The van der Waals surface area contributed by atoms with E-state index in [1.165, 1.54) is 18.3 Å². The normalized spacial score (nSPS) is 10.7. The molecule has 0 bridgehead atoms. The summed E-state index contributed by atoms with van der Waals surface area (Å²) >= 11 is 5.93. The average Bonchev–Trinajstić information content (AvgIpc) is 2.81. The van der Waals surface area contributed by atoms with Gasteiger partial charge >= 0.3 is 5.97 Å². The van der Waals surface area contributed by atoms with E-state index in [0.29, 0.717) is 10.7 Å². The first-order chi connectivity index (χ1) is 9.88. The van der Waals surface area contributed by atoms with Gasteiger partial charge in [0.2, 0.25) is 0 Å². The first-order valence-corrected chi connectivity index (χ1v) is 6.64. The van der Waals surface area contributed by atoms with Crippen LogP contribution in [0.25, 0.3) is 0 Å². The van der Waals surface area contributed by atoms with Crippen molar-refractivity contribution in [3.8, 4) is 0 Å². The number of aromatic carboxylic acids is 1. The summed E-state index contributed by atoms with van der Waals surface area (Å²) in [5.41, 5.74) is 0.440. The van der Waals surface area contributed by atoms with Gasteiger partial charge in [0.15, 0.2) is 0 Å². The van der Waals surface area contributed by atoms with E-state index in [2.05, 4.69) is 10.3 Å². The summed E-state index contributed by atoms with van der Waals surface area (Å²) < 4.78 is 1.73. The number of hydrogen-bond donors (Lipinski definition) is 2. The fourth-order valence-corrected chi connectivity index (χ4v) is 2.08. The molecule has 6 nitrogen and oxygen atoms in total. The molecule has 0 spiro atoms. The Hall–Kier alpha value is -2.34. The standard InChI is InChI=1S/C14H14ClN3O3/c1-8(2)18-7-10(15)6-11(18)13(19)17-12-5-9(14(20)21)3-4-16-12/h3-8H,1-2H3,(H,20,21)(H,16,17,19). The summed E-state index contributed by atoms with van der Waals surface area (Å²) in [5.74, 6) is -1.31. The van der Waals surface area contributed by atoms with Gasteiger partial charge in [0.25, 0.3) is 5.91 Å². The summed E-state index contributed by atoms with van der Waals surface area (Å²) in [5, 5.41) is 11.9. The number of nitrogens with one attached hydrogen (secondary N) is 1. The Morgan fingerprint density at radius 3 is 2.71 bits per heavy atom. The smallest absolute Gasteiger partial charge is 0.335 e. The van der Waals surface area contributed by atoms with E-state index >= 15 is 0 Å². The van der Waals surface area contributed by atoms with E-state index in [1.807, 2.05) is 13.8 Å². The maximum atomic E-state index is 12.3. The maximum Gasteiger partial charge on any atom is 0.335 e. The third-order valence-corrected chi connectivity index (χ3v) is 3.06. The van der Waals surface area contributed by atoms with Crippen molar-refractivity contribution in [2.75, 3.05) is 5.32 Å². The molecule has 0 aliphatic heterocycles. The molecule has 0 saturated carbocycles. The number of anilines is 1. The van der Waals surface area contributed by atoms with Crippen LogP contribution in [0.5, 0.6) is 0 Å². The molecule has 0 unspecified atom stereocenters. The summed E-state index contributed by atoms with van der Waals surface area (Å²) in [6.45, 7) is 3.85. The minimum absolute atomic E-state index is 0.0533. The molecule has 21 heavy (non-hydrogen) atoms. The largest absolute Gasteiger partial charge is 0.478 e. The Bertz CT molecular complexity index is 695. The van der Waals surface area contributed by atoms with Crippen molar-refractivity contribution in [1.29, 1.82) is 0 Å². The van der Waals surface area contributed by atoms with Gasteiger partial charge < -0.3 is 15.0 Å². The highest BCUT2D eigenvalue weighted by atomic mass is 35.5. The molecular weight excluding hydrogens is 294 g/mol. The van der Waals surface area contributed by atoms with Crippen molar-refractivity contribution >= 4 is 29.3 Å². The first kappa shape index (κ1) is 15.1. The highest BCUT2D eigenvalue weighted by Crippen LogP contribution is 2.20. The lowest BCUT2D eigenvalue weighted by Gasteiger charge is -2.12. The van der Waals surface area contributed by atoms with Crippen molar-refractivity contribution in [3.05, 3.63) is 46.9 Å². The fourth-order valence-electron chi connectivity index (χ4n) is 1.87. The van der Waals surface area contributed by atoms with Gasteiger partial charge in [-0.15, -0.1) is 0 Å². The third kappa shape index (κ3) is 3.41. The molecule has 2 aromatic rings. The van der Waals surface area contributed by atoms with E-state index in [0.717, 1.165) is 0 Å². The van der Waals surface area contributed by atoms with Gasteiger partial charge in [0, 0.05) is 18.4 Å². The zero-order valence-corrected chi connectivity index (χ0v) is 12.3. The monoisotopic (exact) mass is 307 g/mol. The molecule has 0 saturated heterocycles. The van der Waals surface area contributed by atoms with Crippen molar-refractivity contribution in [3.63, 3.8) is 0 Å². The van der Waals surface area contributed by atoms with Crippen LogP contribution in [0.1, 0.15) is 40.7 Å². The van der Waals surface area contributed by atoms with Crippen LogP contribution >= 0.6 is 11.6 Å². The summed E-state index contributed by atoms with van der Waals surface area (Å²) in [6.07, 6.45) is 3.00. The van der Waals surface area contributed by atoms with Crippen LogP contribution in [0.3, 0.4) is 0 Å². The molecule has 0 radical (unpaired) electrons. The predicted molar refractivity (Wildman–Crippen MR) is 79.0 cm³/mol. The average molecular weight is 308 g/mol. The van der Waals surface area contributed by atoms with Crippen LogP contribution in [-0.4, -0.2) is 26.5 Å². The Labute approximate surface area is 126 Å². The van der Waals surface area contributed by atoms with Crippen molar-refractivity contribution in [2.45, 2.75) is 19.9 Å². The van der Waals surface area contributed by atoms with Gasteiger partial charge in [0.05, 0.1) is 10.6 Å². The van der Waals surface area contributed by atoms with Gasteiger partial charge in [-0.2, -0.15) is 0 Å². The summed E-state index contributed by atoms with van der Waals surface area (Å²) in [4.78, 5) is 27.1. The van der Waals surface area contributed by atoms with E-state index in [9.17, 15) is 9.59 Å². The van der Waals surface area contributed by atoms with Gasteiger partial charge in [-0.3, -0.25) is 4.79 Å². The number of nitrogens with zero attached hydrogens (tertiary/aromatic N) is 2. The Morgan fingerprint density at radius 2 is 2.10 bits per heavy atom. The van der Waals surface area contributed by atoms with E-state index in [1.54, 1.807) is 16.8 Å². The van der Waals surface area contributed by atoms with Crippen LogP contribution in [0.15, 0.2) is 30.6 Å². The SMILES string of the molecule is CC(C)n1cc(Cl)cc1C(=O)Nc1cc(C(=O)O)ccn1. The molecule has 1 amide bonds. The zero-order chi connectivity index (χ0) is 15.6. The maximum absolute atomic E-state index is 12.3. The lowest BCUT2D eigenvalue weighted by molar-refractivity contribution is 0.0696. The second-order valence-corrected chi connectivity index (χ2v) is 5.17. The zero-order valence-electron chi connectivity index (χ0n) is 11.5. The Kier molecular flexibility index (Phi) is 4.28. The molecule has 7 heteroatoms. The molecular formula is C14H14ClN3O3.